The van der Waals surface area contributed by atoms with Crippen LogP contribution in [0.5, 0.6) is 0 Å². The minimum Gasteiger partial charge on any atom is -0.460 e. The molecule has 0 saturated carbocycles. The Morgan fingerprint density at radius 3 is 2.43 bits per heavy atom. The molecule has 1 aliphatic heterocycles. The van der Waals surface area contributed by atoms with Crippen molar-refractivity contribution in [2.75, 3.05) is 32.7 Å². The highest BCUT2D eigenvalue weighted by Crippen LogP contribution is 2.32. The van der Waals surface area contributed by atoms with Crippen LogP contribution in [0.25, 0.3) is 0 Å². The number of benzene rings is 2. The summed E-state index contributed by atoms with van der Waals surface area (Å²) in [6.45, 7) is 8.69. The van der Waals surface area contributed by atoms with Crippen molar-refractivity contribution >= 4 is 34.9 Å². The van der Waals surface area contributed by atoms with Crippen LogP contribution in [-0.4, -0.2) is 49.3 Å². The fourth-order valence-corrected chi connectivity index (χ4v) is 4.02. The number of thiocarbonyl (C=S) groups is 1. The third-order valence-corrected chi connectivity index (χ3v) is 6.38. The van der Waals surface area contributed by atoms with Crippen LogP contribution in [0.4, 0.5) is 5.69 Å². The Morgan fingerprint density at radius 2 is 1.80 bits per heavy atom. The van der Waals surface area contributed by atoms with E-state index in [0.29, 0.717) is 34.2 Å². The summed E-state index contributed by atoms with van der Waals surface area (Å²) in [4.78, 5) is 27.6. The largest absolute Gasteiger partial charge is 0.460 e. The van der Waals surface area contributed by atoms with Gasteiger partial charge in [-0.3, -0.25) is 4.79 Å². The van der Waals surface area contributed by atoms with E-state index in [2.05, 4.69) is 31.4 Å². The Balaban J connectivity index is 1.85. The molecule has 0 saturated heterocycles. The highest BCUT2D eigenvalue weighted by Gasteiger charge is 2.33. The van der Waals surface area contributed by atoms with Crippen molar-refractivity contribution in [3.8, 4) is 0 Å². The number of esters is 1. The minimum atomic E-state index is -0.517. The van der Waals surface area contributed by atoms with Gasteiger partial charge in [0.1, 0.15) is 6.61 Å². The Hall–Kier alpha value is -3.23. The maximum absolute atomic E-state index is 12.9. The molecule has 1 aliphatic rings. The number of amides is 1. The van der Waals surface area contributed by atoms with Gasteiger partial charge in [-0.05, 0) is 59.9 Å². The van der Waals surface area contributed by atoms with Crippen LogP contribution in [-0.2, 0) is 19.7 Å². The average Bonchev–Trinajstić information content (AvgIpc) is 2.82. The highest BCUT2D eigenvalue weighted by atomic mass is 32.1. The summed E-state index contributed by atoms with van der Waals surface area (Å²) in [5.74, 6) is -0.653. The topological polar surface area (TPSA) is 79.9 Å². The van der Waals surface area contributed by atoms with Crippen LogP contribution < -0.4 is 10.6 Å². The molecule has 0 bridgehead atoms. The van der Waals surface area contributed by atoms with E-state index in [4.69, 9.17) is 21.7 Å². The summed E-state index contributed by atoms with van der Waals surface area (Å²) >= 11 is 5.47. The van der Waals surface area contributed by atoms with Gasteiger partial charge in [0, 0.05) is 31.1 Å². The van der Waals surface area contributed by atoms with Crippen molar-refractivity contribution < 1.29 is 19.1 Å². The van der Waals surface area contributed by atoms with Gasteiger partial charge in [-0.25, -0.2) is 4.79 Å². The standard InChI is InChI=1S/C27H33N3O4S/c1-17-22(25(32)34-15-14-33-6)23(29-26(35)30(17)5)19-8-7-9-21(16-19)28-24(31)18-10-12-20(13-11-18)27(2,3)4/h7-13,16,23H,14-15H2,1-6H3,(H,28,31)(H,29,35). The Kier molecular flexibility index (Phi) is 8.30. The molecule has 1 atom stereocenters. The first-order chi connectivity index (χ1) is 16.5. The van der Waals surface area contributed by atoms with Crippen LogP contribution in [0.1, 0.15) is 55.2 Å². The van der Waals surface area contributed by atoms with E-state index in [-0.39, 0.29) is 17.9 Å². The number of ether oxygens (including phenoxy) is 2. The third-order valence-electron chi connectivity index (χ3n) is 5.99. The Morgan fingerprint density at radius 1 is 1.11 bits per heavy atom. The Bertz CT molecular complexity index is 1140. The second-order valence-corrected chi connectivity index (χ2v) is 9.86. The molecule has 0 aromatic heterocycles. The fourth-order valence-electron chi connectivity index (χ4n) is 3.77. The normalized spacial score (nSPS) is 16.1. The van der Waals surface area contributed by atoms with E-state index in [1.54, 1.807) is 19.1 Å². The molecule has 1 unspecified atom stereocenters. The summed E-state index contributed by atoms with van der Waals surface area (Å²) in [5.41, 5.74) is 4.29. The highest BCUT2D eigenvalue weighted by molar-refractivity contribution is 7.80. The summed E-state index contributed by atoms with van der Waals surface area (Å²) in [6.07, 6.45) is 0. The molecule has 2 N–H and O–H groups in total. The van der Waals surface area contributed by atoms with Crippen molar-refractivity contribution in [2.24, 2.45) is 0 Å². The third kappa shape index (κ3) is 6.26. The number of rotatable bonds is 7. The molecule has 2 aromatic rings. The maximum Gasteiger partial charge on any atom is 0.338 e. The smallest absolute Gasteiger partial charge is 0.338 e. The van der Waals surface area contributed by atoms with Crippen molar-refractivity contribution in [3.05, 3.63) is 76.5 Å². The van der Waals surface area contributed by atoms with Gasteiger partial charge in [0.25, 0.3) is 5.91 Å². The first-order valence-electron chi connectivity index (χ1n) is 11.5. The second kappa shape index (κ2) is 11.0. The predicted octanol–water partition coefficient (Wildman–Crippen LogP) is 4.56. The van der Waals surface area contributed by atoms with E-state index in [1.165, 1.54) is 0 Å². The van der Waals surface area contributed by atoms with Gasteiger partial charge in [0.05, 0.1) is 18.2 Å². The second-order valence-electron chi connectivity index (χ2n) is 9.48. The zero-order valence-corrected chi connectivity index (χ0v) is 21.9. The van der Waals surface area contributed by atoms with Crippen molar-refractivity contribution in [1.29, 1.82) is 0 Å². The van der Waals surface area contributed by atoms with Crippen LogP contribution in [0.3, 0.4) is 0 Å². The molecule has 3 rings (SSSR count). The van der Waals surface area contributed by atoms with E-state index < -0.39 is 12.0 Å². The van der Waals surface area contributed by atoms with E-state index >= 15 is 0 Å². The van der Waals surface area contributed by atoms with Crippen LogP contribution in [0.15, 0.2) is 59.8 Å². The first-order valence-corrected chi connectivity index (χ1v) is 11.9. The van der Waals surface area contributed by atoms with E-state index in [1.807, 2.05) is 55.5 Å². The lowest BCUT2D eigenvalue weighted by Crippen LogP contribution is -2.46. The molecule has 1 heterocycles. The lowest BCUT2D eigenvalue weighted by molar-refractivity contribution is -0.140. The lowest BCUT2D eigenvalue weighted by Gasteiger charge is -2.35. The number of hydrogen-bond donors (Lipinski definition) is 2. The molecule has 0 radical (unpaired) electrons. The average molecular weight is 496 g/mol. The summed E-state index contributed by atoms with van der Waals surface area (Å²) in [6, 6.07) is 14.5. The maximum atomic E-state index is 12.9. The Labute approximate surface area is 212 Å². The molecule has 0 spiro atoms. The molecule has 1 amide bonds. The lowest BCUT2D eigenvalue weighted by atomic mass is 9.86. The number of hydrogen-bond acceptors (Lipinski definition) is 5. The number of nitrogens with one attached hydrogen (secondary N) is 2. The van der Waals surface area contributed by atoms with Crippen molar-refractivity contribution in [1.82, 2.24) is 10.2 Å². The summed E-state index contributed by atoms with van der Waals surface area (Å²) in [7, 11) is 3.35. The molecule has 186 valence electrons. The fraction of sp³-hybridized carbons (Fsp3) is 0.370. The summed E-state index contributed by atoms with van der Waals surface area (Å²) in [5, 5.41) is 6.67. The zero-order valence-electron chi connectivity index (χ0n) is 21.1. The van der Waals surface area contributed by atoms with Gasteiger partial charge >= 0.3 is 5.97 Å². The number of anilines is 1. The van der Waals surface area contributed by atoms with Gasteiger partial charge in [-0.1, -0.05) is 45.0 Å². The van der Waals surface area contributed by atoms with Gasteiger partial charge in [0.2, 0.25) is 0 Å². The van der Waals surface area contributed by atoms with Crippen molar-refractivity contribution in [2.45, 2.75) is 39.2 Å². The molecule has 0 fully saturated rings. The van der Waals surface area contributed by atoms with Crippen LogP contribution in [0, 0.1) is 0 Å². The van der Waals surface area contributed by atoms with E-state index in [0.717, 1.165) is 11.1 Å². The van der Waals surface area contributed by atoms with Crippen LogP contribution in [0.2, 0.25) is 0 Å². The number of carbonyl (C=O) groups excluding carboxylic acids is 2. The molecular weight excluding hydrogens is 462 g/mol. The van der Waals surface area contributed by atoms with Gasteiger partial charge in [-0.15, -0.1) is 0 Å². The van der Waals surface area contributed by atoms with Crippen LogP contribution >= 0.6 is 12.2 Å². The molecular formula is C27H33N3O4S. The summed E-state index contributed by atoms with van der Waals surface area (Å²) < 4.78 is 10.4. The molecule has 0 aliphatic carbocycles. The molecule has 7 nitrogen and oxygen atoms in total. The van der Waals surface area contributed by atoms with Crippen molar-refractivity contribution in [3.63, 3.8) is 0 Å². The minimum absolute atomic E-state index is 0.0129. The van der Waals surface area contributed by atoms with E-state index in [9.17, 15) is 9.59 Å². The number of carbonyl (C=O) groups is 2. The molecule has 35 heavy (non-hydrogen) atoms. The predicted molar refractivity (Wildman–Crippen MR) is 141 cm³/mol. The zero-order chi connectivity index (χ0) is 25.8. The number of nitrogens with zero attached hydrogens (tertiary/aromatic N) is 1. The molecule has 8 heteroatoms. The monoisotopic (exact) mass is 495 g/mol. The quantitative estimate of drug-likeness (QED) is 0.331. The van der Waals surface area contributed by atoms with Gasteiger partial charge < -0.3 is 25.0 Å². The number of methoxy groups -OCH3 is 1. The SMILES string of the molecule is COCCOC(=O)C1=C(C)N(C)C(=S)NC1c1cccc(NC(=O)c2ccc(C(C)(C)C)cc2)c1. The van der Waals surface area contributed by atoms with Gasteiger partial charge in [0.15, 0.2) is 5.11 Å². The number of allylic oxidation sites excluding steroid dienone is 1. The molecule has 2 aromatic carbocycles. The first kappa shape index (κ1) is 26.4. The van der Waals surface area contributed by atoms with Gasteiger partial charge in [-0.2, -0.15) is 0 Å².